The van der Waals surface area contributed by atoms with E-state index >= 15 is 0 Å². The summed E-state index contributed by atoms with van der Waals surface area (Å²) in [6.07, 6.45) is 6.15. The molecular formula is C23H32FN3O2. The average molecular weight is 402 g/mol. The van der Waals surface area contributed by atoms with Crippen LogP contribution in [0.5, 0.6) is 0 Å². The van der Waals surface area contributed by atoms with Crippen molar-refractivity contribution in [2.24, 2.45) is 11.8 Å². The van der Waals surface area contributed by atoms with Crippen LogP contribution in [-0.2, 0) is 16.1 Å². The van der Waals surface area contributed by atoms with Gasteiger partial charge in [-0.1, -0.05) is 12.1 Å². The van der Waals surface area contributed by atoms with E-state index in [0.717, 1.165) is 70.3 Å². The fourth-order valence-corrected chi connectivity index (χ4v) is 4.83. The van der Waals surface area contributed by atoms with Gasteiger partial charge in [0.25, 0.3) is 0 Å². The van der Waals surface area contributed by atoms with Crippen LogP contribution in [0, 0.1) is 17.7 Å². The molecule has 158 valence electrons. The van der Waals surface area contributed by atoms with Gasteiger partial charge in [-0.25, -0.2) is 4.39 Å². The molecule has 1 aromatic rings. The lowest BCUT2D eigenvalue weighted by molar-refractivity contribution is -0.137. The summed E-state index contributed by atoms with van der Waals surface area (Å²) in [5, 5.41) is 0. The van der Waals surface area contributed by atoms with Gasteiger partial charge in [0.2, 0.25) is 11.8 Å². The van der Waals surface area contributed by atoms with Gasteiger partial charge in [0, 0.05) is 45.2 Å². The van der Waals surface area contributed by atoms with E-state index in [9.17, 15) is 14.0 Å². The summed E-state index contributed by atoms with van der Waals surface area (Å²) in [5.41, 5.74) is 0.947. The monoisotopic (exact) mass is 401 g/mol. The molecule has 29 heavy (non-hydrogen) atoms. The molecule has 4 rings (SSSR count). The standard InChI is InChI=1S/C23H32FN3O2/c1-25(15-17-4-8-20(24)9-5-17)22(28)19-3-2-12-27(16-19)21-10-13-26(14-11-21)23(29)18-6-7-18/h4-5,8-9,18-19,21H,2-3,6-7,10-16H2,1H3/t19-/m0/s1. The smallest absolute Gasteiger partial charge is 0.227 e. The minimum Gasteiger partial charge on any atom is -0.342 e. The van der Waals surface area contributed by atoms with Gasteiger partial charge in [0.05, 0.1) is 5.92 Å². The molecule has 2 aliphatic heterocycles. The largest absolute Gasteiger partial charge is 0.342 e. The molecule has 6 heteroatoms. The summed E-state index contributed by atoms with van der Waals surface area (Å²) < 4.78 is 13.1. The molecule has 1 aliphatic carbocycles. The van der Waals surface area contributed by atoms with Gasteiger partial charge >= 0.3 is 0 Å². The first-order valence-electron chi connectivity index (χ1n) is 11.0. The zero-order chi connectivity index (χ0) is 20.4. The van der Waals surface area contributed by atoms with Gasteiger partial charge in [0.15, 0.2) is 0 Å². The Kier molecular flexibility index (Phi) is 6.18. The number of nitrogens with zero attached hydrogens (tertiary/aromatic N) is 3. The topological polar surface area (TPSA) is 43.9 Å². The number of carbonyl (C=O) groups is 2. The maximum atomic E-state index is 13.1. The van der Waals surface area contributed by atoms with Crippen LogP contribution in [0.4, 0.5) is 4.39 Å². The van der Waals surface area contributed by atoms with E-state index < -0.39 is 0 Å². The fourth-order valence-electron chi connectivity index (χ4n) is 4.83. The number of amides is 2. The Balaban J connectivity index is 1.28. The zero-order valence-electron chi connectivity index (χ0n) is 17.4. The molecule has 0 aromatic heterocycles. The summed E-state index contributed by atoms with van der Waals surface area (Å²) in [6, 6.07) is 6.84. The van der Waals surface area contributed by atoms with E-state index in [2.05, 4.69) is 9.80 Å². The molecular weight excluding hydrogens is 369 g/mol. The summed E-state index contributed by atoms with van der Waals surface area (Å²) >= 11 is 0. The van der Waals surface area contributed by atoms with Gasteiger partial charge in [0.1, 0.15) is 5.82 Å². The predicted molar refractivity (Wildman–Crippen MR) is 109 cm³/mol. The SMILES string of the molecule is CN(Cc1ccc(F)cc1)C(=O)[C@H]1CCCN(C2CCN(C(=O)C3CC3)CC2)C1. The Hall–Kier alpha value is -1.95. The third-order valence-corrected chi connectivity index (χ3v) is 6.73. The van der Waals surface area contributed by atoms with Gasteiger partial charge < -0.3 is 9.80 Å². The van der Waals surface area contributed by atoms with E-state index in [1.54, 1.807) is 17.0 Å². The van der Waals surface area contributed by atoms with Gasteiger partial charge in [-0.2, -0.15) is 0 Å². The number of hydrogen-bond acceptors (Lipinski definition) is 3. The second kappa shape index (κ2) is 8.82. The average Bonchev–Trinajstić information content (AvgIpc) is 3.60. The number of benzene rings is 1. The van der Waals surface area contributed by atoms with E-state index in [-0.39, 0.29) is 17.6 Å². The first kappa shape index (κ1) is 20.3. The highest BCUT2D eigenvalue weighted by Gasteiger charge is 2.37. The van der Waals surface area contributed by atoms with Crippen molar-refractivity contribution in [3.8, 4) is 0 Å². The maximum Gasteiger partial charge on any atom is 0.227 e. The van der Waals surface area contributed by atoms with Crippen molar-refractivity contribution < 1.29 is 14.0 Å². The van der Waals surface area contributed by atoms with Crippen LogP contribution >= 0.6 is 0 Å². The molecule has 3 fully saturated rings. The van der Waals surface area contributed by atoms with Crippen molar-refractivity contribution in [2.75, 3.05) is 33.2 Å². The van der Waals surface area contributed by atoms with Crippen LogP contribution in [0.2, 0.25) is 0 Å². The van der Waals surface area contributed by atoms with Gasteiger partial charge in [-0.05, 0) is 62.8 Å². The molecule has 2 heterocycles. The summed E-state index contributed by atoms with van der Waals surface area (Å²) in [4.78, 5) is 31.6. The third-order valence-electron chi connectivity index (χ3n) is 6.73. The number of piperidine rings is 2. The van der Waals surface area contributed by atoms with Crippen molar-refractivity contribution in [3.63, 3.8) is 0 Å². The lowest BCUT2D eigenvalue weighted by Crippen LogP contribution is -2.51. The first-order chi connectivity index (χ1) is 14.0. The number of likely N-dealkylation sites (tertiary alicyclic amines) is 2. The molecule has 0 N–H and O–H groups in total. The van der Waals surface area contributed by atoms with Crippen molar-refractivity contribution in [3.05, 3.63) is 35.6 Å². The van der Waals surface area contributed by atoms with E-state index in [1.165, 1.54) is 12.1 Å². The number of rotatable bonds is 5. The van der Waals surface area contributed by atoms with Crippen molar-refractivity contribution in [2.45, 2.75) is 51.1 Å². The van der Waals surface area contributed by atoms with Crippen molar-refractivity contribution in [1.82, 2.24) is 14.7 Å². The number of halogens is 1. The van der Waals surface area contributed by atoms with Crippen molar-refractivity contribution in [1.29, 1.82) is 0 Å². The summed E-state index contributed by atoms with van der Waals surface area (Å²) in [5.74, 6) is 0.619. The molecule has 0 unspecified atom stereocenters. The summed E-state index contributed by atoms with van der Waals surface area (Å²) in [6.45, 7) is 4.09. The quantitative estimate of drug-likeness (QED) is 0.762. The minimum absolute atomic E-state index is 0.0281. The molecule has 5 nitrogen and oxygen atoms in total. The Morgan fingerprint density at radius 3 is 2.34 bits per heavy atom. The highest BCUT2D eigenvalue weighted by molar-refractivity contribution is 5.81. The minimum atomic E-state index is -0.254. The second-order valence-corrected chi connectivity index (χ2v) is 8.99. The van der Waals surface area contributed by atoms with Crippen LogP contribution in [0.3, 0.4) is 0 Å². The fraction of sp³-hybridized carbons (Fsp3) is 0.652. The normalized spacial score (nSPS) is 23.8. The van der Waals surface area contributed by atoms with Crippen LogP contribution in [-0.4, -0.2) is 65.8 Å². The zero-order valence-corrected chi connectivity index (χ0v) is 17.4. The third kappa shape index (κ3) is 4.97. The number of carbonyl (C=O) groups excluding carboxylic acids is 2. The van der Waals surface area contributed by atoms with Crippen LogP contribution in [0.1, 0.15) is 44.1 Å². The summed E-state index contributed by atoms with van der Waals surface area (Å²) in [7, 11) is 1.84. The van der Waals surface area contributed by atoms with Crippen LogP contribution in [0.25, 0.3) is 0 Å². The van der Waals surface area contributed by atoms with Gasteiger partial charge in [-0.3, -0.25) is 14.5 Å². The van der Waals surface area contributed by atoms with E-state index in [0.29, 0.717) is 24.4 Å². The van der Waals surface area contributed by atoms with Crippen molar-refractivity contribution >= 4 is 11.8 Å². The molecule has 1 saturated carbocycles. The van der Waals surface area contributed by atoms with E-state index in [4.69, 9.17) is 0 Å². The molecule has 0 spiro atoms. The molecule has 1 aromatic carbocycles. The second-order valence-electron chi connectivity index (χ2n) is 8.99. The lowest BCUT2D eigenvalue weighted by atomic mass is 9.92. The van der Waals surface area contributed by atoms with Crippen LogP contribution in [0.15, 0.2) is 24.3 Å². The number of hydrogen-bond donors (Lipinski definition) is 0. The highest BCUT2D eigenvalue weighted by atomic mass is 19.1. The molecule has 0 bridgehead atoms. The molecule has 2 saturated heterocycles. The Morgan fingerprint density at radius 2 is 1.69 bits per heavy atom. The molecule has 1 atom stereocenters. The van der Waals surface area contributed by atoms with E-state index in [1.807, 2.05) is 7.05 Å². The molecule has 0 radical (unpaired) electrons. The Bertz CT molecular complexity index is 726. The molecule has 3 aliphatic rings. The highest BCUT2D eigenvalue weighted by Crippen LogP contribution is 2.33. The first-order valence-corrected chi connectivity index (χ1v) is 11.0. The Morgan fingerprint density at radius 1 is 1.00 bits per heavy atom. The maximum absolute atomic E-state index is 13.1. The van der Waals surface area contributed by atoms with Crippen LogP contribution < -0.4 is 0 Å². The molecule has 2 amide bonds. The predicted octanol–water partition coefficient (Wildman–Crippen LogP) is 2.90. The lowest BCUT2D eigenvalue weighted by Gasteiger charge is -2.42. The Labute approximate surface area is 172 Å². The van der Waals surface area contributed by atoms with Gasteiger partial charge in [-0.15, -0.1) is 0 Å².